The number of nitrogens with zero attached hydrogens (tertiary/aromatic N) is 3. The first kappa shape index (κ1) is 20.0. The second-order valence-electron chi connectivity index (χ2n) is 7.52. The lowest BCUT2D eigenvalue weighted by Gasteiger charge is -2.38. The van der Waals surface area contributed by atoms with Crippen molar-refractivity contribution in [3.8, 4) is 0 Å². The molecule has 1 saturated heterocycles. The Kier molecular flexibility index (Phi) is 5.45. The zero-order valence-electron chi connectivity index (χ0n) is 16.4. The molecule has 2 atom stereocenters. The summed E-state index contributed by atoms with van der Waals surface area (Å²) in [5.74, 6) is -1.75. The molecule has 1 aliphatic rings. The number of rotatable bonds is 3. The van der Waals surface area contributed by atoms with Crippen molar-refractivity contribution >= 4 is 45.0 Å². The average Bonchev–Trinajstić information content (AvgIpc) is 3.21. The van der Waals surface area contributed by atoms with Gasteiger partial charge in [0.2, 0.25) is 5.91 Å². The Bertz CT molecular complexity index is 1130. The Morgan fingerprint density at radius 1 is 1.20 bits per heavy atom. The van der Waals surface area contributed by atoms with Gasteiger partial charge in [0.05, 0.1) is 39.2 Å². The van der Waals surface area contributed by atoms with Crippen LogP contribution in [-0.2, 0) is 9.59 Å². The fraction of sp³-hybridized carbons (Fsp3) is 0.286. The SMILES string of the molecule is C[C@H]1CC[C@H](c2ccc3scnc3c2)N(C(=O)C(=O)Nc2cncc(C(N)=O)c2)C1. The Labute approximate surface area is 177 Å². The normalized spacial score (nSPS) is 18.9. The van der Waals surface area contributed by atoms with Crippen LogP contribution < -0.4 is 11.1 Å². The molecule has 2 aromatic heterocycles. The topological polar surface area (TPSA) is 118 Å². The highest BCUT2D eigenvalue weighted by atomic mass is 32.1. The molecule has 3 aromatic rings. The maximum absolute atomic E-state index is 13.1. The van der Waals surface area contributed by atoms with Crippen LogP contribution in [0.25, 0.3) is 10.2 Å². The molecule has 9 heteroatoms. The van der Waals surface area contributed by atoms with Crippen molar-refractivity contribution in [1.29, 1.82) is 0 Å². The molecule has 4 rings (SSSR count). The molecule has 0 saturated carbocycles. The molecule has 3 N–H and O–H groups in total. The lowest BCUT2D eigenvalue weighted by atomic mass is 9.89. The number of carbonyl (C=O) groups is 3. The molecule has 0 bridgehead atoms. The number of amides is 3. The second kappa shape index (κ2) is 8.19. The first-order valence-corrected chi connectivity index (χ1v) is 10.5. The van der Waals surface area contributed by atoms with Gasteiger partial charge in [-0.1, -0.05) is 13.0 Å². The van der Waals surface area contributed by atoms with Crippen LogP contribution in [-0.4, -0.2) is 39.1 Å². The zero-order chi connectivity index (χ0) is 21.3. The Morgan fingerprint density at radius 3 is 2.83 bits per heavy atom. The van der Waals surface area contributed by atoms with Gasteiger partial charge in [0.1, 0.15) is 0 Å². The van der Waals surface area contributed by atoms with Crippen molar-refractivity contribution in [2.24, 2.45) is 11.7 Å². The molecule has 3 heterocycles. The van der Waals surface area contributed by atoms with Crippen molar-refractivity contribution in [3.05, 3.63) is 53.3 Å². The smallest absolute Gasteiger partial charge is 0.313 e. The van der Waals surface area contributed by atoms with E-state index in [1.807, 2.05) is 18.2 Å². The molecule has 30 heavy (non-hydrogen) atoms. The lowest BCUT2D eigenvalue weighted by Crippen LogP contribution is -2.46. The van der Waals surface area contributed by atoms with Crippen molar-refractivity contribution in [2.75, 3.05) is 11.9 Å². The fourth-order valence-electron chi connectivity index (χ4n) is 3.76. The minimum absolute atomic E-state index is 0.154. The predicted octanol–water partition coefficient (Wildman–Crippen LogP) is 2.73. The molecule has 0 spiro atoms. The van der Waals surface area contributed by atoms with Crippen LogP contribution in [0.15, 0.2) is 42.2 Å². The number of pyridine rings is 1. The van der Waals surface area contributed by atoms with Gasteiger partial charge < -0.3 is 16.0 Å². The van der Waals surface area contributed by atoms with Crippen LogP contribution >= 0.6 is 11.3 Å². The van der Waals surface area contributed by atoms with Gasteiger partial charge >= 0.3 is 11.8 Å². The van der Waals surface area contributed by atoms with Crippen molar-refractivity contribution in [1.82, 2.24) is 14.9 Å². The first-order valence-electron chi connectivity index (χ1n) is 9.62. The standard InChI is InChI=1S/C21H21N5O3S/c1-12-2-4-17(13-3-5-18-16(7-13)24-11-30-18)26(10-12)21(29)20(28)25-15-6-14(19(22)27)8-23-9-15/h3,5-9,11-12,17H,2,4,10H2,1H3,(H2,22,27)(H,25,28)/t12-,17+/m0/s1. The Balaban J connectivity index is 1.56. The molecule has 3 amide bonds. The Morgan fingerprint density at radius 2 is 2.03 bits per heavy atom. The number of likely N-dealkylation sites (tertiary alicyclic amines) is 1. The van der Waals surface area contributed by atoms with E-state index in [4.69, 9.17) is 5.73 Å². The molecule has 154 valence electrons. The van der Waals surface area contributed by atoms with Crippen molar-refractivity contribution in [3.63, 3.8) is 0 Å². The number of nitrogens with two attached hydrogens (primary N) is 1. The minimum Gasteiger partial charge on any atom is -0.366 e. The van der Waals surface area contributed by atoms with E-state index in [0.29, 0.717) is 12.5 Å². The number of nitrogens with one attached hydrogen (secondary N) is 1. The molecule has 1 aliphatic heterocycles. The van der Waals surface area contributed by atoms with Crippen LogP contribution in [0.5, 0.6) is 0 Å². The third kappa shape index (κ3) is 4.02. The summed E-state index contributed by atoms with van der Waals surface area (Å²) in [6, 6.07) is 7.20. The van der Waals surface area contributed by atoms with Gasteiger partial charge in [0, 0.05) is 12.7 Å². The minimum atomic E-state index is -0.771. The van der Waals surface area contributed by atoms with Crippen LogP contribution in [0.3, 0.4) is 0 Å². The Hall–Kier alpha value is -3.33. The zero-order valence-corrected chi connectivity index (χ0v) is 17.2. The predicted molar refractivity (Wildman–Crippen MR) is 114 cm³/mol. The van der Waals surface area contributed by atoms with Crippen LogP contribution in [0.2, 0.25) is 0 Å². The number of hydrogen-bond acceptors (Lipinski definition) is 6. The number of piperidine rings is 1. The largest absolute Gasteiger partial charge is 0.366 e. The lowest BCUT2D eigenvalue weighted by molar-refractivity contribution is -0.146. The first-order chi connectivity index (χ1) is 14.4. The summed E-state index contributed by atoms with van der Waals surface area (Å²) in [5.41, 5.74) is 9.30. The molecular weight excluding hydrogens is 402 g/mol. The van der Waals surface area contributed by atoms with Crippen LogP contribution in [0, 0.1) is 5.92 Å². The van der Waals surface area contributed by atoms with E-state index in [2.05, 4.69) is 22.2 Å². The van der Waals surface area contributed by atoms with Gasteiger partial charge in [0.15, 0.2) is 0 Å². The van der Waals surface area contributed by atoms with E-state index < -0.39 is 17.7 Å². The summed E-state index contributed by atoms with van der Waals surface area (Å²) >= 11 is 1.56. The molecular formula is C21H21N5O3S. The average molecular weight is 423 g/mol. The van der Waals surface area contributed by atoms with E-state index in [9.17, 15) is 14.4 Å². The summed E-state index contributed by atoms with van der Waals surface area (Å²) in [4.78, 5) is 46.9. The van der Waals surface area contributed by atoms with Crippen molar-refractivity contribution in [2.45, 2.75) is 25.8 Å². The monoisotopic (exact) mass is 423 g/mol. The highest BCUT2D eigenvalue weighted by Gasteiger charge is 2.34. The molecule has 0 unspecified atom stereocenters. The summed E-state index contributed by atoms with van der Waals surface area (Å²) in [6.45, 7) is 2.56. The van der Waals surface area contributed by atoms with Gasteiger partial charge in [-0.3, -0.25) is 19.4 Å². The van der Waals surface area contributed by atoms with E-state index in [-0.39, 0.29) is 17.3 Å². The van der Waals surface area contributed by atoms with Gasteiger partial charge in [-0.05, 0) is 42.5 Å². The van der Waals surface area contributed by atoms with E-state index in [1.165, 1.54) is 18.5 Å². The van der Waals surface area contributed by atoms with Gasteiger partial charge in [-0.2, -0.15) is 0 Å². The highest BCUT2D eigenvalue weighted by Crippen LogP contribution is 2.35. The number of carbonyl (C=O) groups excluding carboxylic acids is 3. The molecule has 0 radical (unpaired) electrons. The van der Waals surface area contributed by atoms with Gasteiger partial charge in [0.25, 0.3) is 0 Å². The summed E-state index contributed by atoms with van der Waals surface area (Å²) < 4.78 is 1.08. The third-order valence-electron chi connectivity index (χ3n) is 5.29. The number of anilines is 1. The molecule has 8 nitrogen and oxygen atoms in total. The number of fused-ring (bicyclic) bond motifs is 1. The maximum Gasteiger partial charge on any atom is 0.313 e. The highest BCUT2D eigenvalue weighted by molar-refractivity contribution is 7.16. The van der Waals surface area contributed by atoms with E-state index >= 15 is 0 Å². The number of benzene rings is 1. The number of primary amides is 1. The van der Waals surface area contributed by atoms with Crippen LogP contribution in [0.1, 0.15) is 41.7 Å². The summed E-state index contributed by atoms with van der Waals surface area (Å²) in [7, 11) is 0. The maximum atomic E-state index is 13.1. The van der Waals surface area contributed by atoms with Gasteiger partial charge in [-0.15, -0.1) is 11.3 Å². The number of thiazole rings is 1. The van der Waals surface area contributed by atoms with Gasteiger partial charge in [-0.25, -0.2) is 4.98 Å². The number of aromatic nitrogens is 2. The number of hydrogen-bond donors (Lipinski definition) is 2. The summed E-state index contributed by atoms with van der Waals surface area (Å²) in [5, 5.41) is 2.54. The van der Waals surface area contributed by atoms with E-state index in [0.717, 1.165) is 28.6 Å². The summed E-state index contributed by atoms with van der Waals surface area (Å²) in [6.07, 6.45) is 4.41. The fourth-order valence-corrected chi connectivity index (χ4v) is 4.42. The third-order valence-corrected chi connectivity index (χ3v) is 6.10. The molecule has 1 aromatic carbocycles. The molecule has 1 fully saturated rings. The molecule has 0 aliphatic carbocycles. The second-order valence-corrected chi connectivity index (χ2v) is 8.40. The van der Waals surface area contributed by atoms with Crippen LogP contribution in [0.4, 0.5) is 5.69 Å². The van der Waals surface area contributed by atoms with Crippen molar-refractivity contribution < 1.29 is 14.4 Å². The van der Waals surface area contributed by atoms with E-state index in [1.54, 1.807) is 21.7 Å². The quantitative estimate of drug-likeness (QED) is 0.628.